The van der Waals surface area contributed by atoms with Gasteiger partial charge >= 0.3 is 0 Å². The molecule has 0 unspecified atom stereocenters. The number of nitrogens with zero attached hydrogens (tertiary/aromatic N) is 4. The van der Waals surface area contributed by atoms with Crippen molar-refractivity contribution in [2.45, 2.75) is 40.4 Å². The highest BCUT2D eigenvalue weighted by Gasteiger charge is 2.08. The fraction of sp³-hybridized carbons (Fsp3) is 0.571. The number of nitrogens with one attached hydrogen (secondary N) is 1. The quantitative estimate of drug-likeness (QED) is 0.847. The molecule has 1 N–H and O–H groups in total. The van der Waals surface area contributed by atoms with E-state index in [1.165, 1.54) is 0 Å². The van der Waals surface area contributed by atoms with Crippen LogP contribution in [0, 0.1) is 12.8 Å². The van der Waals surface area contributed by atoms with Crippen molar-refractivity contribution >= 4 is 5.69 Å². The third kappa shape index (κ3) is 3.37. The van der Waals surface area contributed by atoms with Crippen LogP contribution in [0.1, 0.15) is 25.2 Å². The van der Waals surface area contributed by atoms with Gasteiger partial charge in [-0.1, -0.05) is 13.8 Å². The van der Waals surface area contributed by atoms with Crippen molar-refractivity contribution in [2.24, 2.45) is 5.92 Å². The third-order valence-corrected chi connectivity index (χ3v) is 3.20. The number of anilines is 1. The second-order valence-corrected chi connectivity index (χ2v) is 5.31. The Balaban J connectivity index is 2.00. The molecule has 2 aromatic rings. The van der Waals surface area contributed by atoms with Crippen LogP contribution in [-0.2, 0) is 19.6 Å². The van der Waals surface area contributed by atoms with Gasteiger partial charge in [0.25, 0.3) is 0 Å². The SMILES string of the molecule is Cc1c(NCc2ccnn2CC(C)C)cnn1CCF. The smallest absolute Gasteiger partial charge is 0.109 e. The standard InChI is InChI=1S/C14H22FN5/c1-11(2)10-20-13(4-6-17-20)8-16-14-9-18-19(7-5-15)12(14)3/h4,6,9,11,16H,5,7-8,10H2,1-3H3. The molecule has 6 heteroatoms. The summed E-state index contributed by atoms with van der Waals surface area (Å²) in [5, 5.41) is 11.8. The Morgan fingerprint density at radius 1 is 1.30 bits per heavy atom. The highest BCUT2D eigenvalue weighted by molar-refractivity contribution is 5.45. The van der Waals surface area contributed by atoms with Gasteiger partial charge in [-0.3, -0.25) is 9.36 Å². The number of alkyl halides is 1. The average molecular weight is 279 g/mol. The molecule has 0 aliphatic carbocycles. The minimum Gasteiger partial charge on any atom is -0.377 e. The second-order valence-electron chi connectivity index (χ2n) is 5.31. The zero-order valence-corrected chi connectivity index (χ0v) is 12.3. The lowest BCUT2D eigenvalue weighted by Crippen LogP contribution is -2.12. The van der Waals surface area contributed by atoms with Crippen LogP contribution >= 0.6 is 0 Å². The maximum absolute atomic E-state index is 12.4. The fourth-order valence-electron chi connectivity index (χ4n) is 2.13. The van der Waals surface area contributed by atoms with E-state index in [1.54, 1.807) is 10.9 Å². The third-order valence-electron chi connectivity index (χ3n) is 3.20. The van der Waals surface area contributed by atoms with Crippen molar-refractivity contribution in [3.05, 3.63) is 29.8 Å². The molecule has 0 aromatic carbocycles. The number of aromatic nitrogens is 4. The van der Waals surface area contributed by atoms with Crippen LogP contribution in [0.4, 0.5) is 10.1 Å². The van der Waals surface area contributed by atoms with Gasteiger partial charge in [-0.2, -0.15) is 10.2 Å². The molecule has 0 saturated heterocycles. The largest absolute Gasteiger partial charge is 0.377 e. The highest BCUT2D eigenvalue weighted by Crippen LogP contribution is 2.15. The van der Waals surface area contributed by atoms with Crippen LogP contribution in [0.25, 0.3) is 0 Å². The lowest BCUT2D eigenvalue weighted by Gasteiger charge is -2.11. The van der Waals surface area contributed by atoms with Crippen molar-refractivity contribution in [1.29, 1.82) is 0 Å². The minimum atomic E-state index is -0.400. The van der Waals surface area contributed by atoms with Gasteiger partial charge in [-0.15, -0.1) is 0 Å². The van der Waals surface area contributed by atoms with Gasteiger partial charge < -0.3 is 5.32 Å². The van der Waals surface area contributed by atoms with E-state index in [1.807, 2.05) is 23.9 Å². The number of rotatable bonds is 7. The molecule has 0 aliphatic rings. The van der Waals surface area contributed by atoms with E-state index in [2.05, 4.69) is 29.4 Å². The van der Waals surface area contributed by atoms with Crippen molar-refractivity contribution in [1.82, 2.24) is 19.6 Å². The number of aryl methyl sites for hydroxylation is 1. The van der Waals surface area contributed by atoms with Crippen LogP contribution in [0.3, 0.4) is 0 Å². The summed E-state index contributed by atoms with van der Waals surface area (Å²) in [5.74, 6) is 0.558. The summed E-state index contributed by atoms with van der Waals surface area (Å²) in [7, 11) is 0. The molecule has 0 amide bonds. The molecule has 0 spiro atoms. The van der Waals surface area contributed by atoms with Crippen LogP contribution in [0.15, 0.2) is 18.5 Å². The van der Waals surface area contributed by atoms with Crippen LogP contribution in [0.5, 0.6) is 0 Å². The molecule has 2 rings (SSSR count). The van der Waals surface area contributed by atoms with Gasteiger partial charge in [-0.05, 0) is 18.9 Å². The monoisotopic (exact) mass is 279 g/mol. The van der Waals surface area contributed by atoms with E-state index in [0.29, 0.717) is 19.0 Å². The first-order valence-electron chi connectivity index (χ1n) is 6.94. The molecule has 0 radical (unpaired) electrons. The Morgan fingerprint density at radius 2 is 2.10 bits per heavy atom. The molecule has 0 saturated carbocycles. The first kappa shape index (κ1) is 14.6. The number of hydrogen-bond donors (Lipinski definition) is 1. The van der Waals surface area contributed by atoms with Gasteiger partial charge in [0.05, 0.1) is 36.4 Å². The topological polar surface area (TPSA) is 47.7 Å². The first-order chi connectivity index (χ1) is 9.61. The molecule has 2 aromatic heterocycles. The Morgan fingerprint density at radius 3 is 2.80 bits per heavy atom. The van der Waals surface area contributed by atoms with Gasteiger partial charge in [-0.25, -0.2) is 4.39 Å². The predicted molar refractivity (Wildman–Crippen MR) is 77.3 cm³/mol. The van der Waals surface area contributed by atoms with E-state index in [9.17, 15) is 4.39 Å². The van der Waals surface area contributed by atoms with Crippen LogP contribution in [-0.4, -0.2) is 26.2 Å². The zero-order chi connectivity index (χ0) is 14.5. The Bertz CT molecular complexity index is 544. The van der Waals surface area contributed by atoms with Crippen molar-refractivity contribution in [2.75, 3.05) is 12.0 Å². The molecule has 0 atom stereocenters. The molecular weight excluding hydrogens is 257 g/mol. The Labute approximate surface area is 118 Å². The maximum Gasteiger partial charge on any atom is 0.109 e. The van der Waals surface area contributed by atoms with E-state index in [0.717, 1.165) is 23.6 Å². The molecular formula is C14H22FN5. The lowest BCUT2D eigenvalue weighted by atomic mass is 10.2. The van der Waals surface area contributed by atoms with Crippen molar-refractivity contribution in [3.63, 3.8) is 0 Å². The normalized spacial score (nSPS) is 11.2. The van der Waals surface area contributed by atoms with E-state index in [-0.39, 0.29) is 0 Å². The molecule has 110 valence electrons. The van der Waals surface area contributed by atoms with Crippen LogP contribution < -0.4 is 5.32 Å². The molecule has 2 heterocycles. The highest BCUT2D eigenvalue weighted by atomic mass is 19.1. The van der Waals surface area contributed by atoms with Crippen molar-refractivity contribution < 1.29 is 4.39 Å². The van der Waals surface area contributed by atoms with Gasteiger partial charge in [0.2, 0.25) is 0 Å². The zero-order valence-electron chi connectivity index (χ0n) is 12.3. The fourth-order valence-corrected chi connectivity index (χ4v) is 2.13. The summed E-state index contributed by atoms with van der Waals surface area (Å²) in [4.78, 5) is 0. The summed E-state index contributed by atoms with van der Waals surface area (Å²) in [6, 6.07) is 2.01. The molecule has 5 nitrogen and oxygen atoms in total. The van der Waals surface area contributed by atoms with Gasteiger partial charge in [0, 0.05) is 12.7 Å². The molecule has 0 bridgehead atoms. The summed E-state index contributed by atoms with van der Waals surface area (Å²) < 4.78 is 16.0. The Hall–Kier alpha value is -1.85. The van der Waals surface area contributed by atoms with E-state index in [4.69, 9.17) is 0 Å². The van der Waals surface area contributed by atoms with Gasteiger partial charge in [0.15, 0.2) is 0 Å². The maximum atomic E-state index is 12.4. The van der Waals surface area contributed by atoms with Crippen LogP contribution in [0.2, 0.25) is 0 Å². The summed E-state index contributed by atoms with van der Waals surface area (Å²) in [6.45, 7) is 7.78. The van der Waals surface area contributed by atoms with Crippen molar-refractivity contribution in [3.8, 4) is 0 Å². The van der Waals surface area contributed by atoms with Gasteiger partial charge in [0.1, 0.15) is 6.67 Å². The number of halogens is 1. The summed E-state index contributed by atoms with van der Waals surface area (Å²) >= 11 is 0. The Kier molecular flexibility index (Phi) is 4.76. The number of hydrogen-bond acceptors (Lipinski definition) is 3. The molecule has 0 fully saturated rings. The molecule has 20 heavy (non-hydrogen) atoms. The molecule has 0 aliphatic heterocycles. The summed E-state index contributed by atoms with van der Waals surface area (Å²) in [5.41, 5.74) is 3.03. The first-order valence-corrected chi connectivity index (χ1v) is 6.94. The summed E-state index contributed by atoms with van der Waals surface area (Å²) in [6.07, 6.45) is 3.56. The predicted octanol–water partition coefficient (Wildman–Crippen LogP) is 2.63. The minimum absolute atomic E-state index is 0.304. The lowest BCUT2D eigenvalue weighted by molar-refractivity contribution is 0.423. The second kappa shape index (κ2) is 6.54. The average Bonchev–Trinajstić information content (AvgIpc) is 2.96. The van der Waals surface area contributed by atoms with E-state index < -0.39 is 6.67 Å². The van der Waals surface area contributed by atoms with E-state index >= 15 is 0 Å².